The van der Waals surface area contributed by atoms with Gasteiger partial charge < -0.3 is 5.32 Å². The van der Waals surface area contributed by atoms with Crippen molar-refractivity contribution in [2.75, 3.05) is 44.6 Å². The lowest BCUT2D eigenvalue weighted by Crippen LogP contribution is -2.48. The van der Waals surface area contributed by atoms with E-state index in [4.69, 9.17) is 6.42 Å². The van der Waals surface area contributed by atoms with Crippen LogP contribution in [0.3, 0.4) is 0 Å². The molecule has 1 fully saturated rings. The van der Waals surface area contributed by atoms with Crippen molar-refractivity contribution in [3.05, 3.63) is 16.0 Å². The van der Waals surface area contributed by atoms with Gasteiger partial charge in [0, 0.05) is 31.1 Å². The Labute approximate surface area is 131 Å². The normalized spacial score (nSPS) is 16.7. The maximum absolute atomic E-state index is 12.2. The second kappa shape index (κ2) is 7.08. The lowest BCUT2D eigenvalue weighted by atomic mass is 10.2. The summed E-state index contributed by atoms with van der Waals surface area (Å²) in [7, 11) is 0. The molecule has 0 radical (unpaired) electrons. The number of carbonyl (C=O) groups excluding carboxylic acids is 1. The molecule has 0 unspecified atom stereocenters. The smallest absolute Gasteiger partial charge is 0.239 e. The summed E-state index contributed by atoms with van der Waals surface area (Å²) < 4.78 is 0. The monoisotopic (exact) mass is 305 g/mol. The number of terminal acetylenes is 1. The second-order valence-electron chi connectivity index (χ2n) is 5.54. The number of thiophene rings is 1. The summed E-state index contributed by atoms with van der Waals surface area (Å²) in [6, 6.07) is 0. The zero-order valence-electron chi connectivity index (χ0n) is 13.0. The van der Waals surface area contributed by atoms with Gasteiger partial charge in [0.1, 0.15) is 0 Å². The molecule has 0 aliphatic carbocycles. The second-order valence-corrected chi connectivity index (χ2v) is 6.77. The van der Waals surface area contributed by atoms with Gasteiger partial charge in [-0.25, -0.2) is 0 Å². The van der Waals surface area contributed by atoms with Gasteiger partial charge in [0.05, 0.1) is 18.1 Å². The fraction of sp³-hybridized carbons (Fsp3) is 0.562. The molecule has 1 saturated heterocycles. The summed E-state index contributed by atoms with van der Waals surface area (Å²) in [4.78, 5) is 17.9. The molecule has 21 heavy (non-hydrogen) atoms. The van der Waals surface area contributed by atoms with E-state index in [9.17, 15) is 4.79 Å². The van der Waals surface area contributed by atoms with Crippen LogP contribution in [0.4, 0.5) is 5.00 Å². The van der Waals surface area contributed by atoms with Crippen LogP contribution in [0.2, 0.25) is 0 Å². The summed E-state index contributed by atoms with van der Waals surface area (Å²) in [5.41, 5.74) is 2.46. The van der Waals surface area contributed by atoms with Gasteiger partial charge in [-0.2, -0.15) is 0 Å². The summed E-state index contributed by atoms with van der Waals surface area (Å²) in [5, 5.41) is 4.03. The average Bonchev–Trinajstić information content (AvgIpc) is 2.69. The number of aryl methyl sites for hydroxylation is 1. The molecule has 4 nitrogen and oxygen atoms in total. The van der Waals surface area contributed by atoms with Gasteiger partial charge in [-0.15, -0.1) is 17.8 Å². The molecular formula is C16H23N3OS. The van der Waals surface area contributed by atoms with Crippen molar-refractivity contribution in [2.24, 2.45) is 0 Å². The van der Waals surface area contributed by atoms with E-state index in [1.54, 1.807) is 11.3 Å². The standard InChI is InChI=1S/C16H23N3OS/c1-5-6-18-7-9-19(10-8-18)11-15(20)17-16-13(3)12(2)14(4)21-16/h1H,6-11H2,2-4H3,(H,17,20). The molecule has 1 aliphatic heterocycles. The fourth-order valence-corrected chi connectivity index (χ4v) is 3.55. The number of hydrogen-bond acceptors (Lipinski definition) is 4. The molecular weight excluding hydrogens is 282 g/mol. The molecule has 0 aromatic carbocycles. The van der Waals surface area contributed by atoms with Crippen molar-refractivity contribution in [1.82, 2.24) is 9.80 Å². The third kappa shape index (κ3) is 4.07. The van der Waals surface area contributed by atoms with E-state index < -0.39 is 0 Å². The van der Waals surface area contributed by atoms with Crippen LogP contribution in [-0.2, 0) is 4.79 Å². The van der Waals surface area contributed by atoms with Gasteiger partial charge in [-0.1, -0.05) is 5.92 Å². The highest BCUT2D eigenvalue weighted by Crippen LogP contribution is 2.31. The van der Waals surface area contributed by atoms with Crippen LogP contribution in [-0.4, -0.2) is 55.0 Å². The Hall–Kier alpha value is -1.35. The molecule has 1 aromatic rings. The molecule has 1 aromatic heterocycles. The Balaban J connectivity index is 1.83. The Bertz CT molecular complexity index is 551. The molecule has 1 N–H and O–H groups in total. The first-order valence-electron chi connectivity index (χ1n) is 7.26. The molecule has 2 rings (SSSR count). The van der Waals surface area contributed by atoms with Gasteiger partial charge in [0.15, 0.2) is 0 Å². The number of nitrogens with zero attached hydrogens (tertiary/aromatic N) is 2. The molecule has 0 spiro atoms. The van der Waals surface area contributed by atoms with Crippen molar-refractivity contribution >= 4 is 22.2 Å². The molecule has 114 valence electrons. The average molecular weight is 305 g/mol. The van der Waals surface area contributed by atoms with Crippen molar-refractivity contribution < 1.29 is 4.79 Å². The third-order valence-corrected chi connectivity index (χ3v) is 5.31. The third-order valence-electron chi connectivity index (χ3n) is 4.09. The van der Waals surface area contributed by atoms with Crippen molar-refractivity contribution in [3.8, 4) is 12.3 Å². The molecule has 0 atom stereocenters. The lowest BCUT2D eigenvalue weighted by Gasteiger charge is -2.33. The summed E-state index contributed by atoms with van der Waals surface area (Å²) in [6.07, 6.45) is 5.32. The lowest BCUT2D eigenvalue weighted by molar-refractivity contribution is -0.117. The van der Waals surface area contributed by atoms with Gasteiger partial charge in [-0.3, -0.25) is 14.6 Å². The van der Waals surface area contributed by atoms with E-state index in [0.717, 1.165) is 31.2 Å². The molecule has 1 amide bonds. The molecule has 5 heteroatoms. The van der Waals surface area contributed by atoms with Crippen molar-refractivity contribution in [1.29, 1.82) is 0 Å². The fourth-order valence-electron chi connectivity index (χ4n) is 2.46. The summed E-state index contributed by atoms with van der Waals surface area (Å²) in [5.74, 6) is 2.74. The van der Waals surface area contributed by atoms with E-state index in [-0.39, 0.29) is 5.91 Å². The minimum Gasteiger partial charge on any atom is -0.316 e. The van der Waals surface area contributed by atoms with Crippen LogP contribution in [0.5, 0.6) is 0 Å². The number of carbonyl (C=O) groups is 1. The largest absolute Gasteiger partial charge is 0.316 e. The Morgan fingerprint density at radius 1 is 1.19 bits per heavy atom. The number of anilines is 1. The first-order chi connectivity index (χ1) is 10.0. The van der Waals surface area contributed by atoms with E-state index in [0.29, 0.717) is 13.1 Å². The number of nitrogens with one attached hydrogen (secondary N) is 1. The van der Waals surface area contributed by atoms with E-state index in [2.05, 4.69) is 41.8 Å². The molecule has 0 bridgehead atoms. The minimum atomic E-state index is 0.0738. The highest BCUT2D eigenvalue weighted by Gasteiger charge is 2.19. The van der Waals surface area contributed by atoms with Gasteiger partial charge in [0.25, 0.3) is 0 Å². The summed E-state index contributed by atoms with van der Waals surface area (Å²) >= 11 is 1.66. The van der Waals surface area contributed by atoms with Crippen LogP contribution in [0.1, 0.15) is 16.0 Å². The van der Waals surface area contributed by atoms with Crippen LogP contribution in [0.25, 0.3) is 0 Å². The Morgan fingerprint density at radius 2 is 1.81 bits per heavy atom. The summed E-state index contributed by atoms with van der Waals surface area (Å²) in [6.45, 7) is 11.1. The van der Waals surface area contributed by atoms with Crippen molar-refractivity contribution in [2.45, 2.75) is 20.8 Å². The first-order valence-corrected chi connectivity index (χ1v) is 8.07. The maximum atomic E-state index is 12.2. The van der Waals surface area contributed by atoms with Crippen LogP contribution >= 0.6 is 11.3 Å². The van der Waals surface area contributed by atoms with E-state index in [1.807, 2.05) is 0 Å². The van der Waals surface area contributed by atoms with Gasteiger partial charge in [-0.05, 0) is 31.9 Å². The first kappa shape index (κ1) is 16.0. The molecule has 2 heterocycles. The maximum Gasteiger partial charge on any atom is 0.239 e. The topological polar surface area (TPSA) is 35.6 Å². The number of piperazine rings is 1. The highest BCUT2D eigenvalue weighted by molar-refractivity contribution is 7.16. The van der Waals surface area contributed by atoms with E-state index in [1.165, 1.54) is 16.0 Å². The Morgan fingerprint density at radius 3 is 2.33 bits per heavy atom. The van der Waals surface area contributed by atoms with Crippen LogP contribution in [0.15, 0.2) is 0 Å². The highest BCUT2D eigenvalue weighted by atomic mass is 32.1. The number of amides is 1. The van der Waals surface area contributed by atoms with Crippen LogP contribution < -0.4 is 5.32 Å². The zero-order valence-corrected chi connectivity index (χ0v) is 13.8. The minimum absolute atomic E-state index is 0.0738. The van der Waals surface area contributed by atoms with Gasteiger partial charge >= 0.3 is 0 Å². The SMILES string of the molecule is C#CCN1CCN(CC(=O)Nc2sc(C)c(C)c2C)CC1. The molecule has 0 saturated carbocycles. The predicted molar refractivity (Wildman–Crippen MR) is 88.9 cm³/mol. The quantitative estimate of drug-likeness (QED) is 0.863. The number of hydrogen-bond donors (Lipinski definition) is 1. The number of rotatable bonds is 4. The predicted octanol–water partition coefficient (Wildman–Crippen LogP) is 1.86. The van der Waals surface area contributed by atoms with Crippen LogP contribution in [0, 0.1) is 33.1 Å². The molecule has 1 aliphatic rings. The Kier molecular flexibility index (Phi) is 5.40. The van der Waals surface area contributed by atoms with Gasteiger partial charge in [0.2, 0.25) is 5.91 Å². The zero-order chi connectivity index (χ0) is 15.4. The van der Waals surface area contributed by atoms with E-state index >= 15 is 0 Å². The van der Waals surface area contributed by atoms with Crippen molar-refractivity contribution in [3.63, 3.8) is 0 Å².